The first-order valence-electron chi connectivity index (χ1n) is 9.65. The molecule has 0 aliphatic heterocycles. The molecule has 2 rings (SSSR count). The molecule has 0 bridgehead atoms. The lowest BCUT2D eigenvalue weighted by molar-refractivity contribution is 0.0945. The van der Waals surface area contributed by atoms with Gasteiger partial charge in [0.05, 0.1) is 16.8 Å². The van der Waals surface area contributed by atoms with Gasteiger partial charge in [-0.3, -0.25) is 9.59 Å². The van der Waals surface area contributed by atoms with Gasteiger partial charge in [-0.25, -0.2) is 0 Å². The molecule has 0 saturated heterocycles. The predicted octanol–water partition coefficient (Wildman–Crippen LogP) is 4.60. The fourth-order valence-corrected chi connectivity index (χ4v) is 3.50. The van der Waals surface area contributed by atoms with Gasteiger partial charge in [-0.1, -0.05) is 31.2 Å². The van der Waals surface area contributed by atoms with E-state index in [0.29, 0.717) is 36.6 Å². The van der Waals surface area contributed by atoms with Gasteiger partial charge in [-0.05, 0) is 49.8 Å². The smallest absolute Gasteiger partial charge is 0.256 e. The van der Waals surface area contributed by atoms with Crippen LogP contribution in [-0.2, 0) is 4.74 Å². The molecule has 0 aromatic heterocycles. The standard InChI is InChI=1S/C22H28N2O3S/c1-3-16-28-20-13-8-6-11-18(20)22(26)24-19-12-7-5-10-17(19)21(25)23-14-9-15-27-4-2/h5-8,10-13H,3-4,9,14-16H2,1-2H3,(H,23,25)(H,24,26). The molecule has 0 aliphatic carbocycles. The van der Waals surface area contributed by atoms with Crippen LogP contribution >= 0.6 is 11.8 Å². The number of anilines is 1. The summed E-state index contributed by atoms with van der Waals surface area (Å²) in [5.74, 6) is 0.530. The number of thioether (sulfide) groups is 1. The molecule has 0 aliphatic rings. The molecular weight excluding hydrogens is 372 g/mol. The highest BCUT2D eigenvalue weighted by Gasteiger charge is 2.16. The van der Waals surface area contributed by atoms with E-state index < -0.39 is 0 Å². The molecule has 5 nitrogen and oxygen atoms in total. The Kier molecular flexibility index (Phi) is 9.59. The highest BCUT2D eigenvalue weighted by Crippen LogP contribution is 2.25. The summed E-state index contributed by atoms with van der Waals surface area (Å²) in [5, 5.41) is 5.77. The summed E-state index contributed by atoms with van der Waals surface area (Å²) in [6.07, 6.45) is 1.78. The van der Waals surface area contributed by atoms with E-state index in [1.165, 1.54) is 0 Å². The molecule has 0 unspecified atom stereocenters. The van der Waals surface area contributed by atoms with E-state index in [9.17, 15) is 9.59 Å². The lowest BCUT2D eigenvalue weighted by Gasteiger charge is -2.13. The quantitative estimate of drug-likeness (QED) is 0.427. The minimum absolute atomic E-state index is 0.207. The van der Waals surface area contributed by atoms with Crippen LogP contribution < -0.4 is 10.6 Å². The van der Waals surface area contributed by atoms with Crippen LogP contribution in [0.25, 0.3) is 0 Å². The van der Waals surface area contributed by atoms with E-state index in [2.05, 4.69) is 17.6 Å². The average molecular weight is 401 g/mol. The third kappa shape index (κ3) is 6.69. The van der Waals surface area contributed by atoms with Crippen LogP contribution in [0.3, 0.4) is 0 Å². The number of benzene rings is 2. The Morgan fingerprint density at radius 1 is 0.964 bits per heavy atom. The molecule has 0 saturated carbocycles. The van der Waals surface area contributed by atoms with Crippen molar-refractivity contribution in [2.24, 2.45) is 0 Å². The van der Waals surface area contributed by atoms with Crippen molar-refractivity contribution >= 4 is 29.3 Å². The van der Waals surface area contributed by atoms with Gasteiger partial charge < -0.3 is 15.4 Å². The Labute approximate surface area is 171 Å². The van der Waals surface area contributed by atoms with Crippen molar-refractivity contribution in [2.45, 2.75) is 31.6 Å². The van der Waals surface area contributed by atoms with Crippen molar-refractivity contribution in [3.63, 3.8) is 0 Å². The van der Waals surface area contributed by atoms with Crippen molar-refractivity contribution in [3.05, 3.63) is 59.7 Å². The maximum absolute atomic E-state index is 12.8. The summed E-state index contributed by atoms with van der Waals surface area (Å²) in [6, 6.07) is 14.6. The summed E-state index contributed by atoms with van der Waals surface area (Å²) >= 11 is 1.66. The molecule has 0 fully saturated rings. The largest absolute Gasteiger partial charge is 0.382 e. The third-order valence-electron chi connectivity index (χ3n) is 3.97. The Morgan fingerprint density at radius 3 is 2.43 bits per heavy atom. The first-order chi connectivity index (χ1) is 13.7. The van der Waals surface area contributed by atoms with Crippen molar-refractivity contribution in [2.75, 3.05) is 30.8 Å². The molecule has 2 amide bonds. The zero-order valence-electron chi connectivity index (χ0n) is 16.5. The number of rotatable bonds is 11. The zero-order chi connectivity index (χ0) is 20.2. The van der Waals surface area contributed by atoms with Gasteiger partial charge in [-0.2, -0.15) is 0 Å². The summed E-state index contributed by atoms with van der Waals surface area (Å²) < 4.78 is 5.28. The molecule has 2 aromatic carbocycles. The van der Waals surface area contributed by atoms with Crippen molar-refractivity contribution in [1.82, 2.24) is 5.32 Å². The third-order valence-corrected chi connectivity index (χ3v) is 5.25. The first-order valence-corrected chi connectivity index (χ1v) is 10.6. The van der Waals surface area contributed by atoms with Crippen molar-refractivity contribution < 1.29 is 14.3 Å². The molecular formula is C22H28N2O3S. The number of amides is 2. The molecule has 150 valence electrons. The molecule has 0 radical (unpaired) electrons. The van der Waals surface area contributed by atoms with Crippen LogP contribution in [0.5, 0.6) is 0 Å². The lowest BCUT2D eigenvalue weighted by Crippen LogP contribution is -2.27. The molecule has 2 aromatic rings. The maximum atomic E-state index is 12.8. The van der Waals surface area contributed by atoms with Crippen LogP contribution in [0.15, 0.2) is 53.4 Å². The molecule has 0 spiro atoms. The summed E-state index contributed by atoms with van der Waals surface area (Å²) in [7, 11) is 0. The lowest BCUT2D eigenvalue weighted by atomic mass is 10.1. The Morgan fingerprint density at radius 2 is 1.68 bits per heavy atom. The number of hydrogen-bond donors (Lipinski definition) is 2. The predicted molar refractivity (Wildman–Crippen MR) is 115 cm³/mol. The minimum Gasteiger partial charge on any atom is -0.382 e. The number of hydrogen-bond acceptors (Lipinski definition) is 4. The SMILES string of the molecule is CCCSc1ccccc1C(=O)Nc1ccccc1C(=O)NCCCOCC. The molecule has 2 N–H and O–H groups in total. The number of carbonyl (C=O) groups excluding carboxylic acids is 2. The van der Waals surface area contributed by atoms with Crippen molar-refractivity contribution in [3.8, 4) is 0 Å². The highest BCUT2D eigenvalue weighted by atomic mass is 32.2. The van der Waals surface area contributed by atoms with Gasteiger partial charge in [-0.15, -0.1) is 11.8 Å². The van der Waals surface area contributed by atoms with E-state index in [-0.39, 0.29) is 11.8 Å². The second-order valence-electron chi connectivity index (χ2n) is 6.15. The summed E-state index contributed by atoms with van der Waals surface area (Å²) in [6.45, 7) is 5.86. The van der Waals surface area contributed by atoms with E-state index in [1.807, 2.05) is 31.2 Å². The van der Waals surface area contributed by atoms with Crippen LogP contribution in [0, 0.1) is 0 Å². The van der Waals surface area contributed by atoms with Crippen LogP contribution in [0.1, 0.15) is 47.4 Å². The summed E-state index contributed by atoms with van der Waals surface area (Å²) in [4.78, 5) is 26.3. The maximum Gasteiger partial charge on any atom is 0.256 e. The Balaban J connectivity index is 2.06. The molecule has 6 heteroatoms. The van der Waals surface area contributed by atoms with Gasteiger partial charge in [0, 0.05) is 24.7 Å². The first kappa shape index (κ1) is 22.0. The van der Waals surface area contributed by atoms with Crippen LogP contribution in [0.4, 0.5) is 5.69 Å². The minimum atomic E-state index is -0.212. The van der Waals surface area contributed by atoms with E-state index in [4.69, 9.17) is 4.74 Å². The summed E-state index contributed by atoms with van der Waals surface area (Å²) in [5.41, 5.74) is 1.57. The van der Waals surface area contributed by atoms with Gasteiger partial charge in [0.1, 0.15) is 0 Å². The van der Waals surface area contributed by atoms with E-state index in [1.54, 1.807) is 36.0 Å². The van der Waals surface area contributed by atoms with Crippen LogP contribution in [-0.4, -0.2) is 37.3 Å². The van der Waals surface area contributed by atoms with Gasteiger partial charge in [0.25, 0.3) is 11.8 Å². The molecule has 0 heterocycles. The number of nitrogens with one attached hydrogen (secondary N) is 2. The van der Waals surface area contributed by atoms with E-state index >= 15 is 0 Å². The number of para-hydroxylation sites is 1. The zero-order valence-corrected chi connectivity index (χ0v) is 17.3. The average Bonchev–Trinajstić information content (AvgIpc) is 2.72. The number of ether oxygens (including phenoxy) is 1. The second kappa shape index (κ2) is 12.2. The highest BCUT2D eigenvalue weighted by molar-refractivity contribution is 7.99. The number of carbonyl (C=O) groups is 2. The van der Waals surface area contributed by atoms with Gasteiger partial charge >= 0.3 is 0 Å². The van der Waals surface area contributed by atoms with Crippen molar-refractivity contribution in [1.29, 1.82) is 0 Å². The molecule has 28 heavy (non-hydrogen) atoms. The second-order valence-corrected chi connectivity index (χ2v) is 7.29. The van der Waals surface area contributed by atoms with E-state index in [0.717, 1.165) is 23.5 Å². The Bertz CT molecular complexity index is 780. The fraction of sp³-hybridized carbons (Fsp3) is 0.364. The van der Waals surface area contributed by atoms with Gasteiger partial charge in [0.15, 0.2) is 0 Å². The normalized spacial score (nSPS) is 10.5. The van der Waals surface area contributed by atoms with Gasteiger partial charge in [0.2, 0.25) is 0 Å². The fourth-order valence-electron chi connectivity index (χ4n) is 2.59. The molecule has 0 atom stereocenters. The topological polar surface area (TPSA) is 67.4 Å². The van der Waals surface area contributed by atoms with Crippen LogP contribution in [0.2, 0.25) is 0 Å². The monoisotopic (exact) mass is 400 g/mol. The Hall–Kier alpha value is -2.31.